The fourth-order valence-electron chi connectivity index (χ4n) is 2.48. The number of rotatable bonds is 0. The molecule has 0 amide bonds. The predicted molar refractivity (Wildman–Crippen MR) is 48.8 cm³/mol. The molecule has 0 bridgehead atoms. The van der Waals surface area contributed by atoms with E-state index in [0.29, 0.717) is 5.54 Å². The molecule has 1 heteroatoms. The van der Waals surface area contributed by atoms with E-state index in [4.69, 9.17) is 0 Å². The van der Waals surface area contributed by atoms with Crippen LogP contribution in [0.3, 0.4) is 0 Å². The van der Waals surface area contributed by atoms with Gasteiger partial charge in [0.1, 0.15) is 0 Å². The van der Waals surface area contributed by atoms with Crippen LogP contribution in [0.25, 0.3) is 0 Å². The summed E-state index contributed by atoms with van der Waals surface area (Å²) < 4.78 is 0. The first kappa shape index (κ1) is 6.67. The van der Waals surface area contributed by atoms with Crippen molar-refractivity contribution in [3.8, 4) is 0 Å². The lowest BCUT2D eigenvalue weighted by atomic mass is 9.73. The van der Waals surface area contributed by atoms with Crippen LogP contribution >= 0.6 is 0 Å². The summed E-state index contributed by atoms with van der Waals surface area (Å²) in [4.78, 5) is 0. The van der Waals surface area contributed by atoms with Gasteiger partial charge in [0, 0.05) is 12.1 Å². The highest BCUT2D eigenvalue weighted by molar-refractivity contribution is 5.39. The summed E-state index contributed by atoms with van der Waals surface area (Å²) in [5.41, 5.74) is 3.48. The zero-order chi connectivity index (χ0) is 8.02. The Balaban J connectivity index is 2.13. The summed E-state index contributed by atoms with van der Waals surface area (Å²) in [7, 11) is 0. The quantitative estimate of drug-likeness (QED) is 0.611. The molecule has 1 aliphatic heterocycles. The molecule has 0 unspecified atom stereocenters. The van der Waals surface area contributed by atoms with Gasteiger partial charge in [-0.15, -0.1) is 0 Å². The van der Waals surface area contributed by atoms with Crippen molar-refractivity contribution in [2.24, 2.45) is 0 Å². The Kier molecular flexibility index (Phi) is 1.17. The molecular weight excluding hydrogens is 146 g/mol. The maximum absolute atomic E-state index is 3.63. The maximum Gasteiger partial charge on any atom is 0.0440 e. The molecule has 1 spiro atoms. The number of hydrogen-bond acceptors (Lipinski definition) is 1. The van der Waals surface area contributed by atoms with E-state index in [9.17, 15) is 0 Å². The third-order valence-electron chi connectivity index (χ3n) is 3.36. The van der Waals surface area contributed by atoms with Crippen molar-refractivity contribution in [1.29, 1.82) is 0 Å². The van der Waals surface area contributed by atoms with E-state index in [2.05, 4.69) is 29.6 Å². The van der Waals surface area contributed by atoms with Crippen LogP contribution in [0.15, 0.2) is 24.3 Å². The van der Waals surface area contributed by atoms with Crippen LogP contribution in [0, 0.1) is 0 Å². The second-order valence-electron chi connectivity index (χ2n) is 3.95. The Morgan fingerprint density at radius 3 is 2.75 bits per heavy atom. The first-order chi connectivity index (χ1) is 5.91. The van der Waals surface area contributed by atoms with Crippen molar-refractivity contribution in [2.75, 3.05) is 0 Å². The van der Waals surface area contributed by atoms with Crippen molar-refractivity contribution in [1.82, 2.24) is 5.32 Å². The molecule has 1 nitrogen and oxygen atoms in total. The van der Waals surface area contributed by atoms with Crippen LogP contribution in [0.4, 0.5) is 0 Å². The minimum atomic E-state index is 0.399. The Labute approximate surface area is 72.8 Å². The van der Waals surface area contributed by atoms with Crippen LogP contribution in [-0.4, -0.2) is 0 Å². The molecule has 12 heavy (non-hydrogen) atoms. The minimum Gasteiger partial charge on any atom is -0.303 e. The van der Waals surface area contributed by atoms with E-state index in [1.807, 2.05) is 0 Å². The van der Waals surface area contributed by atoms with Crippen LogP contribution in [0.5, 0.6) is 0 Å². The summed E-state index contributed by atoms with van der Waals surface area (Å²) in [6, 6.07) is 8.83. The molecule has 1 saturated carbocycles. The van der Waals surface area contributed by atoms with E-state index in [1.54, 1.807) is 5.56 Å². The van der Waals surface area contributed by atoms with Crippen molar-refractivity contribution < 1.29 is 0 Å². The van der Waals surface area contributed by atoms with Crippen LogP contribution < -0.4 is 5.32 Å². The van der Waals surface area contributed by atoms with Gasteiger partial charge in [0.05, 0.1) is 0 Å². The van der Waals surface area contributed by atoms with Gasteiger partial charge in [-0.25, -0.2) is 0 Å². The Morgan fingerprint density at radius 2 is 2.00 bits per heavy atom. The standard InChI is InChI=1S/C11H13N/c1-2-5-10-9(4-1)8-12-11(10)6-3-7-11/h1-2,4-5,12H,3,6-8H2. The lowest BCUT2D eigenvalue weighted by molar-refractivity contribution is 0.203. The van der Waals surface area contributed by atoms with Gasteiger partial charge in [-0.2, -0.15) is 0 Å². The van der Waals surface area contributed by atoms with Crippen LogP contribution in [0.2, 0.25) is 0 Å². The highest BCUT2D eigenvalue weighted by atomic mass is 15.0. The van der Waals surface area contributed by atoms with Crippen LogP contribution in [0.1, 0.15) is 30.4 Å². The van der Waals surface area contributed by atoms with E-state index in [-0.39, 0.29) is 0 Å². The molecule has 1 aromatic carbocycles. The summed E-state index contributed by atoms with van der Waals surface area (Å²) in [6.07, 6.45) is 4.06. The molecule has 0 saturated heterocycles. The molecule has 2 aliphatic rings. The van der Waals surface area contributed by atoms with E-state index in [1.165, 1.54) is 24.8 Å². The largest absolute Gasteiger partial charge is 0.303 e. The first-order valence-corrected chi connectivity index (χ1v) is 4.74. The van der Waals surface area contributed by atoms with E-state index < -0.39 is 0 Å². The highest BCUT2D eigenvalue weighted by Crippen LogP contribution is 2.45. The lowest BCUT2D eigenvalue weighted by Crippen LogP contribution is -2.42. The molecule has 0 atom stereocenters. The SMILES string of the molecule is c1ccc2c(c1)CNC21CCC1. The smallest absolute Gasteiger partial charge is 0.0440 e. The molecule has 1 N–H and O–H groups in total. The molecule has 62 valence electrons. The molecule has 1 aliphatic carbocycles. The van der Waals surface area contributed by atoms with Crippen molar-refractivity contribution in [3.63, 3.8) is 0 Å². The van der Waals surface area contributed by atoms with Gasteiger partial charge < -0.3 is 5.32 Å². The average Bonchev–Trinajstić information content (AvgIpc) is 2.42. The Morgan fingerprint density at radius 1 is 1.17 bits per heavy atom. The van der Waals surface area contributed by atoms with Crippen molar-refractivity contribution in [2.45, 2.75) is 31.3 Å². The number of fused-ring (bicyclic) bond motifs is 2. The molecule has 1 heterocycles. The molecule has 0 aromatic heterocycles. The molecule has 1 fully saturated rings. The third-order valence-corrected chi connectivity index (χ3v) is 3.36. The third kappa shape index (κ3) is 0.674. The number of hydrogen-bond donors (Lipinski definition) is 1. The molecule has 0 radical (unpaired) electrons. The Bertz CT molecular complexity index is 313. The summed E-state index contributed by atoms with van der Waals surface area (Å²) in [6.45, 7) is 1.08. The average molecular weight is 159 g/mol. The van der Waals surface area contributed by atoms with Gasteiger partial charge in [0.25, 0.3) is 0 Å². The summed E-state index contributed by atoms with van der Waals surface area (Å²) in [5, 5.41) is 3.63. The fraction of sp³-hybridized carbons (Fsp3) is 0.455. The maximum atomic E-state index is 3.63. The molecule has 1 aromatic rings. The number of benzene rings is 1. The van der Waals surface area contributed by atoms with Crippen molar-refractivity contribution >= 4 is 0 Å². The van der Waals surface area contributed by atoms with Gasteiger partial charge in [-0.3, -0.25) is 0 Å². The van der Waals surface area contributed by atoms with Gasteiger partial charge in [0.15, 0.2) is 0 Å². The topological polar surface area (TPSA) is 12.0 Å². The van der Waals surface area contributed by atoms with Gasteiger partial charge in [-0.1, -0.05) is 24.3 Å². The highest BCUT2D eigenvalue weighted by Gasteiger charge is 2.42. The molecule has 3 rings (SSSR count). The summed E-state index contributed by atoms with van der Waals surface area (Å²) in [5.74, 6) is 0. The van der Waals surface area contributed by atoms with Gasteiger partial charge in [0.2, 0.25) is 0 Å². The number of nitrogens with one attached hydrogen (secondary N) is 1. The predicted octanol–water partition coefficient (Wildman–Crippen LogP) is 2.17. The fourth-order valence-corrected chi connectivity index (χ4v) is 2.48. The van der Waals surface area contributed by atoms with Crippen molar-refractivity contribution in [3.05, 3.63) is 35.4 Å². The zero-order valence-corrected chi connectivity index (χ0v) is 7.14. The normalized spacial score (nSPS) is 23.7. The summed E-state index contributed by atoms with van der Waals surface area (Å²) >= 11 is 0. The molecular formula is C11H13N. The van der Waals surface area contributed by atoms with Crippen LogP contribution in [-0.2, 0) is 12.1 Å². The van der Waals surface area contributed by atoms with Gasteiger partial charge in [-0.05, 0) is 30.4 Å². The Hall–Kier alpha value is -0.820. The lowest BCUT2D eigenvalue weighted by Gasteiger charge is -2.39. The van der Waals surface area contributed by atoms with Gasteiger partial charge >= 0.3 is 0 Å². The monoisotopic (exact) mass is 159 g/mol. The van der Waals surface area contributed by atoms with E-state index in [0.717, 1.165) is 6.54 Å². The zero-order valence-electron chi connectivity index (χ0n) is 7.14. The second-order valence-corrected chi connectivity index (χ2v) is 3.95. The van der Waals surface area contributed by atoms with E-state index >= 15 is 0 Å². The second kappa shape index (κ2) is 2.11. The minimum absolute atomic E-state index is 0.399. The first-order valence-electron chi connectivity index (χ1n) is 4.74.